The lowest BCUT2D eigenvalue weighted by Gasteiger charge is -2.35. The average Bonchev–Trinajstić information content (AvgIpc) is 2.54. The number of amides is 2. The van der Waals surface area contributed by atoms with Crippen molar-refractivity contribution < 1.29 is 14.5 Å². The number of nitrogens with zero attached hydrogens (tertiary/aromatic N) is 4. The van der Waals surface area contributed by atoms with Crippen LogP contribution >= 0.6 is 0 Å². The van der Waals surface area contributed by atoms with Gasteiger partial charge in [0.2, 0.25) is 11.8 Å². The van der Waals surface area contributed by atoms with Crippen LogP contribution in [0.1, 0.15) is 10.4 Å². The fraction of sp³-hybridized carbons (Fsp3) is 0.467. The molecule has 0 spiro atoms. The predicted molar refractivity (Wildman–Crippen MR) is 89.0 cm³/mol. The van der Waals surface area contributed by atoms with Crippen LogP contribution in [-0.2, 0) is 4.79 Å². The Morgan fingerprint density at radius 2 is 1.88 bits per heavy atom. The molecule has 0 saturated carbocycles. The third-order valence-electron chi connectivity index (χ3n) is 4.03. The summed E-state index contributed by atoms with van der Waals surface area (Å²) in [6, 6.07) is 4.26. The van der Waals surface area contributed by atoms with Gasteiger partial charge in [0, 0.05) is 51.9 Å². The highest BCUT2D eigenvalue weighted by Crippen LogP contribution is 2.30. The van der Waals surface area contributed by atoms with Gasteiger partial charge in [-0.05, 0) is 12.1 Å². The molecule has 0 unspecified atom stereocenters. The number of benzene rings is 1. The van der Waals surface area contributed by atoms with E-state index in [9.17, 15) is 19.7 Å². The van der Waals surface area contributed by atoms with Crippen LogP contribution in [0.15, 0.2) is 18.2 Å². The van der Waals surface area contributed by atoms with Crippen LogP contribution in [0.3, 0.4) is 0 Å². The number of nitro groups is 1. The molecule has 1 aromatic rings. The number of hydrogen-bond donors (Lipinski definition) is 1. The molecule has 9 nitrogen and oxygen atoms in total. The normalized spacial score (nSPS) is 15.2. The second kappa shape index (κ2) is 7.26. The Morgan fingerprint density at radius 1 is 1.25 bits per heavy atom. The molecular weight excluding hydrogens is 314 g/mol. The minimum Gasteiger partial charge on any atom is -0.366 e. The number of rotatable bonds is 5. The van der Waals surface area contributed by atoms with Crippen molar-refractivity contribution in [2.75, 3.05) is 51.7 Å². The molecule has 1 heterocycles. The van der Waals surface area contributed by atoms with E-state index in [2.05, 4.69) is 0 Å². The first-order valence-corrected chi connectivity index (χ1v) is 7.55. The summed E-state index contributed by atoms with van der Waals surface area (Å²) in [5.41, 5.74) is 5.62. The first kappa shape index (κ1) is 17.7. The predicted octanol–water partition coefficient (Wildman–Crippen LogP) is -0.0961. The number of hydrogen-bond acceptors (Lipinski definition) is 6. The smallest absolute Gasteiger partial charge is 0.293 e. The van der Waals surface area contributed by atoms with Crippen molar-refractivity contribution in [3.63, 3.8) is 0 Å². The van der Waals surface area contributed by atoms with E-state index in [4.69, 9.17) is 5.73 Å². The Labute approximate surface area is 139 Å². The van der Waals surface area contributed by atoms with Gasteiger partial charge in [0.1, 0.15) is 5.69 Å². The van der Waals surface area contributed by atoms with E-state index < -0.39 is 10.8 Å². The third-order valence-corrected chi connectivity index (χ3v) is 4.03. The summed E-state index contributed by atoms with van der Waals surface area (Å²) in [5.74, 6) is -0.670. The van der Waals surface area contributed by atoms with Gasteiger partial charge in [-0.25, -0.2) is 0 Å². The summed E-state index contributed by atoms with van der Waals surface area (Å²) < 4.78 is 0. The molecule has 1 aromatic carbocycles. The van der Waals surface area contributed by atoms with Crippen LogP contribution in [0.2, 0.25) is 0 Å². The number of carbonyl (C=O) groups excluding carboxylic acids is 2. The Morgan fingerprint density at radius 3 is 2.38 bits per heavy atom. The van der Waals surface area contributed by atoms with Crippen molar-refractivity contribution >= 4 is 23.2 Å². The summed E-state index contributed by atoms with van der Waals surface area (Å²) in [7, 11) is 3.42. The number of piperazine rings is 1. The van der Waals surface area contributed by atoms with Gasteiger partial charge >= 0.3 is 0 Å². The number of nitrogens with two attached hydrogens (primary N) is 1. The molecule has 1 saturated heterocycles. The molecule has 0 radical (unpaired) electrons. The Hall–Kier alpha value is -2.68. The highest BCUT2D eigenvalue weighted by atomic mass is 16.6. The zero-order chi connectivity index (χ0) is 17.9. The molecule has 0 aromatic heterocycles. The topological polar surface area (TPSA) is 113 Å². The maximum absolute atomic E-state index is 11.7. The molecule has 9 heteroatoms. The highest BCUT2D eigenvalue weighted by molar-refractivity contribution is 5.94. The van der Waals surface area contributed by atoms with Crippen LogP contribution in [0.5, 0.6) is 0 Å². The first-order valence-electron chi connectivity index (χ1n) is 7.55. The van der Waals surface area contributed by atoms with E-state index in [0.29, 0.717) is 38.4 Å². The van der Waals surface area contributed by atoms with Crippen LogP contribution in [0, 0.1) is 10.1 Å². The van der Waals surface area contributed by atoms with E-state index >= 15 is 0 Å². The standard InChI is InChI=1S/C15H21N5O4/c1-17(2)14(21)10-18-5-7-19(8-6-18)12-4-3-11(15(16)22)9-13(12)20(23)24/h3-4,9H,5-8,10H2,1-2H3,(H2,16,22). The summed E-state index contributed by atoms with van der Waals surface area (Å²) in [6.07, 6.45) is 0. The fourth-order valence-corrected chi connectivity index (χ4v) is 2.57. The molecule has 0 atom stereocenters. The lowest BCUT2D eigenvalue weighted by molar-refractivity contribution is -0.384. The second-order valence-corrected chi connectivity index (χ2v) is 5.88. The number of primary amides is 1. The number of anilines is 1. The third kappa shape index (κ3) is 3.99. The Bertz CT molecular complexity index is 653. The molecule has 1 aliphatic rings. The zero-order valence-corrected chi connectivity index (χ0v) is 13.8. The lowest BCUT2D eigenvalue weighted by Crippen LogP contribution is -2.49. The largest absolute Gasteiger partial charge is 0.366 e. The van der Waals surface area contributed by atoms with Crippen molar-refractivity contribution in [1.82, 2.24) is 9.80 Å². The van der Waals surface area contributed by atoms with Crippen LogP contribution < -0.4 is 10.6 Å². The number of carbonyl (C=O) groups is 2. The van der Waals surface area contributed by atoms with E-state index in [1.807, 2.05) is 9.80 Å². The van der Waals surface area contributed by atoms with Gasteiger partial charge in [0.25, 0.3) is 5.69 Å². The fourth-order valence-electron chi connectivity index (χ4n) is 2.57. The number of nitro benzene ring substituents is 1. The quantitative estimate of drug-likeness (QED) is 0.594. The van der Waals surface area contributed by atoms with E-state index in [-0.39, 0.29) is 17.2 Å². The number of likely N-dealkylation sites (N-methyl/N-ethyl adjacent to an activating group) is 1. The van der Waals surface area contributed by atoms with Crippen LogP contribution in [-0.4, -0.2) is 73.4 Å². The summed E-state index contributed by atoms with van der Waals surface area (Å²) in [5, 5.41) is 11.3. The van der Waals surface area contributed by atoms with Crippen molar-refractivity contribution in [2.45, 2.75) is 0 Å². The van der Waals surface area contributed by atoms with E-state index in [0.717, 1.165) is 0 Å². The molecule has 1 fully saturated rings. The van der Waals surface area contributed by atoms with Crippen molar-refractivity contribution in [1.29, 1.82) is 0 Å². The van der Waals surface area contributed by atoms with Crippen LogP contribution in [0.25, 0.3) is 0 Å². The van der Waals surface area contributed by atoms with Gasteiger partial charge in [-0.1, -0.05) is 0 Å². The molecule has 24 heavy (non-hydrogen) atoms. The minimum atomic E-state index is -0.698. The lowest BCUT2D eigenvalue weighted by atomic mass is 10.1. The van der Waals surface area contributed by atoms with Gasteiger partial charge in [-0.3, -0.25) is 24.6 Å². The van der Waals surface area contributed by atoms with Crippen molar-refractivity contribution in [3.8, 4) is 0 Å². The maximum atomic E-state index is 11.7. The van der Waals surface area contributed by atoms with Gasteiger partial charge < -0.3 is 15.5 Å². The minimum absolute atomic E-state index is 0.0280. The zero-order valence-electron chi connectivity index (χ0n) is 13.8. The molecule has 0 aliphatic carbocycles. The Kier molecular flexibility index (Phi) is 5.35. The van der Waals surface area contributed by atoms with Crippen molar-refractivity contribution in [2.24, 2.45) is 5.73 Å². The van der Waals surface area contributed by atoms with Gasteiger partial charge in [0.15, 0.2) is 0 Å². The molecular formula is C15H21N5O4. The monoisotopic (exact) mass is 335 g/mol. The molecule has 1 aliphatic heterocycles. The Balaban J connectivity index is 2.10. The molecule has 2 rings (SSSR count). The van der Waals surface area contributed by atoms with E-state index in [1.165, 1.54) is 12.1 Å². The van der Waals surface area contributed by atoms with Gasteiger partial charge in [-0.2, -0.15) is 0 Å². The molecule has 130 valence electrons. The van der Waals surface area contributed by atoms with E-state index in [1.54, 1.807) is 25.1 Å². The molecule has 0 bridgehead atoms. The van der Waals surface area contributed by atoms with Gasteiger partial charge in [-0.15, -0.1) is 0 Å². The maximum Gasteiger partial charge on any atom is 0.293 e. The summed E-state index contributed by atoms with van der Waals surface area (Å²) in [4.78, 5) is 39.2. The average molecular weight is 335 g/mol. The first-order chi connectivity index (χ1) is 11.3. The molecule has 2 N–H and O–H groups in total. The van der Waals surface area contributed by atoms with Gasteiger partial charge in [0.05, 0.1) is 11.5 Å². The molecule has 2 amide bonds. The summed E-state index contributed by atoms with van der Waals surface area (Å²) in [6.45, 7) is 2.74. The highest BCUT2D eigenvalue weighted by Gasteiger charge is 2.25. The SMILES string of the molecule is CN(C)C(=O)CN1CCN(c2ccc(C(N)=O)cc2[N+](=O)[O-])CC1. The summed E-state index contributed by atoms with van der Waals surface area (Å²) >= 11 is 0. The second-order valence-electron chi connectivity index (χ2n) is 5.88. The van der Waals surface area contributed by atoms with Crippen LogP contribution in [0.4, 0.5) is 11.4 Å². The van der Waals surface area contributed by atoms with Crippen molar-refractivity contribution in [3.05, 3.63) is 33.9 Å².